The smallest absolute Gasteiger partial charge is 0.253 e. The number of hydrogen-bond acceptors (Lipinski definition) is 2. The second-order valence-corrected chi connectivity index (χ2v) is 4.37. The molecule has 1 aromatic carbocycles. The summed E-state index contributed by atoms with van der Waals surface area (Å²) in [4.78, 5) is 13.9. The lowest BCUT2D eigenvalue weighted by atomic mass is 10.1. The van der Waals surface area contributed by atoms with Crippen molar-refractivity contribution in [3.63, 3.8) is 0 Å². The summed E-state index contributed by atoms with van der Waals surface area (Å²) in [5.41, 5.74) is 0.546. The molecule has 0 aliphatic carbocycles. The van der Waals surface area contributed by atoms with Gasteiger partial charge in [0.05, 0.1) is 6.61 Å². The summed E-state index contributed by atoms with van der Waals surface area (Å²) < 4.78 is 17.8. The van der Waals surface area contributed by atoms with Gasteiger partial charge in [-0.05, 0) is 30.7 Å². The Morgan fingerprint density at radius 1 is 1.47 bits per heavy atom. The van der Waals surface area contributed by atoms with E-state index < -0.39 is 0 Å². The predicted octanol–water partition coefficient (Wildman–Crippen LogP) is 1.93. The summed E-state index contributed by atoms with van der Waals surface area (Å²) in [6, 6.07) is 5.69. The van der Waals surface area contributed by atoms with Gasteiger partial charge in [-0.25, -0.2) is 4.39 Å². The van der Waals surface area contributed by atoms with Crippen LogP contribution in [0.25, 0.3) is 0 Å². The van der Waals surface area contributed by atoms with Crippen LogP contribution in [0.4, 0.5) is 4.39 Å². The van der Waals surface area contributed by atoms with Crippen LogP contribution < -0.4 is 0 Å². The molecule has 1 saturated heterocycles. The molecular formula is C13H16FNO2. The van der Waals surface area contributed by atoms with Crippen molar-refractivity contribution in [2.24, 2.45) is 5.92 Å². The summed E-state index contributed by atoms with van der Waals surface area (Å²) >= 11 is 0. The van der Waals surface area contributed by atoms with Gasteiger partial charge in [-0.1, -0.05) is 0 Å². The molecule has 1 aliphatic heterocycles. The second-order valence-electron chi connectivity index (χ2n) is 4.37. The molecule has 4 heteroatoms. The van der Waals surface area contributed by atoms with E-state index in [1.165, 1.54) is 24.3 Å². The van der Waals surface area contributed by atoms with Gasteiger partial charge in [-0.3, -0.25) is 4.79 Å². The molecule has 1 aliphatic rings. The first kappa shape index (κ1) is 12.0. The Balaban J connectivity index is 1.99. The Morgan fingerprint density at radius 2 is 2.18 bits per heavy atom. The summed E-state index contributed by atoms with van der Waals surface area (Å²) in [7, 11) is 1.67. The zero-order valence-electron chi connectivity index (χ0n) is 9.86. The van der Waals surface area contributed by atoms with Crippen LogP contribution in [0.3, 0.4) is 0 Å². The molecule has 0 saturated carbocycles. The summed E-state index contributed by atoms with van der Waals surface area (Å²) in [6.07, 6.45) is 0.973. The van der Waals surface area contributed by atoms with Gasteiger partial charge < -0.3 is 9.64 Å². The maximum absolute atomic E-state index is 12.7. The summed E-state index contributed by atoms with van der Waals surface area (Å²) in [6.45, 7) is 2.17. The molecule has 2 rings (SSSR count). The average Bonchev–Trinajstić information content (AvgIpc) is 2.78. The molecule has 1 atom stereocenters. The molecule has 1 aromatic rings. The maximum Gasteiger partial charge on any atom is 0.253 e. The second kappa shape index (κ2) is 5.27. The van der Waals surface area contributed by atoms with E-state index in [0.717, 1.165) is 19.5 Å². The fourth-order valence-electron chi connectivity index (χ4n) is 2.16. The lowest BCUT2D eigenvalue weighted by molar-refractivity contribution is 0.0775. The minimum atomic E-state index is -0.319. The lowest BCUT2D eigenvalue weighted by Crippen LogP contribution is -2.29. The molecule has 0 radical (unpaired) electrons. The fourth-order valence-corrected chi connectivity index (χ4v) is 2.16. The van der Waals surface area contributed by atoms with Crippen LogP contribution in [-0.2, 0) is 4.74 Å². The van der Waals surface area contributed by atoms with Crippen molar-refractivity contribution >= 4 is 5.91 Å². The number of carbonyl (C=O) groups excluding carboxylic acids is 1. The third-order valence-corrected chi connectivity index (χ3v) is 3.07. The summed E-state index contributed by atoms with van der Waals surface area (Å²) in [5.74, 6) is 0.0771. The molecule has 3 nitrogen and oxygen atoms in total. The van der Waals surface area contributed by atoms with E-state index in [9.17, 15) is 9.18 Å². The highest BCUT2D eigenvalue weighted by molar-refractivity contribution is 5.94. The third-order valence-electron chi connectivity index (χ3n) is 3.07. The largest absolute Gasteiger partial charge is 0.384 e. The molecule has 0 N–H and O–H groups in total. The van der Waals surface area contributed by atoms with Crippen molar-refractivity contribution in [2.45, 2.75) is 6.42 Å². The predicted molar refractivity (Wildman–Crippen MR) is 62.3 cm³/mol. The van der Waals surface area contributed by atoms with Crippen molar-refractivity contribution in [3.8, 4) is 0 Å². The van der Waals surface area contributed by atoms with Crippen LogP contribution in [0.15, 0.2) is 24.3 Å². The van der Waals surface area contributed by atoms with Gasteiger partial charge in [0.25, 0.3) is 5.91 Å². The standard InChI is InChI=1S/C13H16FNO2/c1-17-9-10-6-7-15(8-10)13(16)11-2-4-12(14)5-3-11/h2-5,10H,6-9H2,1H3. The molecular weight excluding hydrogens is 221 g/mol. The molecule has 92 valence electrons. The lowest BCUT2D eigenvalue weighted by Gasteiger charge is -2.16. The van der Waals surface area contributed by atoms with Crippen LogP contribution >= 0.6 is 0 Å². The van der Waals surface area contributed by atoms with Crippen LogP contribution in [-0.4, -0.2) is 37.6 Å². The zero-order chi connectivity index (χ0) is 12.3. The van der Waals surface area contributed by atoms with Crippen LogP contribution in [0.5, 0.6) is 0 Å². The first-order valence-corrected chi connectivity index (χ1v) is 5.74. The fraction of sp³-hybridized carbons (Fsp3) is 0.462. The molecule has 1 fully saturated rings. The first-order valence-electron chi connectivity index (χ1n) is 5.74. The van der Waals surface area contributed by atoms with Crippen LogP contribution in [0.2, 0.25) is 0 Å². The van der Waals surface area contributed by atoms with Crippen molar-refractivity contribution in [1.29, 1.82) is 0 Å². The van der Waals surface area contributed by atoms with Crippen LogP contribution in [0.1, 0.15) is 16.8 Å². The molecule has 1 unspecified atom stereocenters. The van der Waals surface area contributed by atoms with E-state index in [1.54, 1.807) is 12.0 Å². The van der Waals surface area contributed by atoms with Gasteiger partial charge in [0.15, 0.2) is 0 Å². The monoisotopic (exact) mass is 237 g/mol. The molecule has 0 spiro atoms. The van der Waals surface area contributed by atoms with Gasteiger partial charge >= 0.3 is 0 Å². The number of benzene rings is 1. The minimum Gasteiger partial charge on any atom is -0.384 e. The van der Waals surface area contributed by atoms with Crippen LogP contribution in [0, 0.1) is 11.7 Å². The van der Waals surface area contributed by atoms with Gasteiger partial charge in [0.1, 0.15) is 5.82 Å². The van der Waals surface area contributed by atoms with E-state index in [1.807, 2.05) is 0 Å². The molecule has 0 aromatic heterocycles. The Hall–Kier alpha value is -1.42. The number of hydrogen-bond donors (Lipinski definition) is 0. The number of carbonyl (C=O) groups is 1. The normalized spacial score (nSPS) is 19.6. The Labute approximate surface area is 100 Å². The van der Waals surface area contributed by atoms with Crippen molar-refractivity contribution in [1.82, 2.24) is 4.90 Å². The Morgan fingerprint density at radius 3 is 2.82 bits per heavy atom. The highest BCUT2D eigenvalue weighted by Gasteiger charge is 2.26. The van der Waals surface area contributed by atoms with E-state index in [-0.39, 0.29) is 11.7 Å². The topological polar surface area (TPSA) is 29.5 Å². The highest BCUT2D eigenvalue weighted by Crippen LogP contribution is 2.19. The number of nitrogens with zero attached hydrogens (tertiary/aromatic N) is 1. The van der Waals surface area contributed by atoms with Gasteiger partial charge in [0.2, 0.25) is 0 Å². The number of rotatable bonds is 3. The van der Waals surface area contributed by atoms with E-state index in [4.69, 9.17) is 4.74 Å². The number of amides is 1. The third kappa shape index (κ3) is 2.82. The number of halogens is 1. The molecule has 17 heavy (non-hydrogen) atoms. The van der Waals surface area contributed by atoms with Crippen molar-refractivity contribution in [3.05, 3.63) is 35.6 Å². The molecule has 0 bridgehead atoms. The molecule has 1 amide bonds. The Bertz CT molecular complexity index is 391. The molecule has 1 heterocycles. The highest BCUT2D eigenvalue weighted by atomic mass is 19.1. The van der Waals surface area contributed by atoms with Crippen molar-refractivity contribution < 1.29 is 13.9 Å². The van der Waals surface area contributed by atoms with E-state index >= 15 is 0 Å². The zero-order valence-corrected chi connectivity index (χ0v) is 9.86. The minimum absolute atomic E-state index is 0.0244. The van der Waals surface area contributed by atoms with E-state index in [0.29, 0.717) is 18.1 Å². The quantitative estimate of drug-likeness (QED) is 0.804. The van der Waals surface area contributed by atoms with Gasteiger partial charge in [-0.2, -0.15) is 0 Å². The average molecular weight is 237 g/mol. The first-order chi connectivity index (χ1) is 8.20. The van der Waals surface area contributed by atoms with Gasteiger partial charge in [0, 0.05) is 31.7 Å². The Kier molecular flexibility index (Phi) is 3.74. The number of ether oxygens (including phenoxy) is 1. The van der Waals surface area contributed by atoms with E-state index in [2.05, 4.69) is 0 Å². The summed E-state index contributed by atoms with van der Waals surface area (Å²) in [5, 5.41) is 0. The number of methoxy groups -OCH3 is 1. The SMILES string of the molecule is COCC1CCN(C(=O)c2ccc(F)cc2)C1. The van der Waals surface area contributed by atoms with Gasteiger partial charge in [-0.15, -0.1) is 0 Å². The maximum atomic E-state index is 12.7. The number of likely N-dealkylation sites (tertiary alicyclic amines) is 1. The van der Waals surface area contributed by atoms with Crippen molar-refractivity contribution in [2.75, 3.05) is 26.8 Å².